The first-order valence-corrected chi connectivity index (χ1v) is 9.46. The SMILES string of the molecule is COc1cccc(-c2c(C)nn3c2NC(=O)C3CC(=O)Nc2ccc([N+](=O)[O-])cc2)c1. The number of benzene rings is 2. The van der Waals surface area contributed by atoms with E-state index in [2.05, 4.69) is 15.7 Å². The lowest BCUT2D eigenvalue weighted by Crippen LogP contribution is -2.23. The Labute approximate surface area is 177 Å². The van der Waals surface area contributed by atoms with Crippen LogP contribution in [0.4, 0.5) is 17.2 Å². The summed E-state index contributed by atoms with van der Waals surface area (Å²) in [5, 5.41) is 20.7. The maximum absolute atomic E-state index is 12.6. The Bertz CT molecular complexity index is 1190. The summed E-state index contributed by atoms with van der Waals surface area (Å²) >= 11 is 0. The zero-order chi connectivity index (χ0) is 22.1. The van der Waals surface area contributed by atoms with E-state index in [0.29, 0.717) is 22.9 Å². The van der Waals surface area contributed by atoms with Crippen molar-refractivity contribution in [2.75, 3.05) is 17.7 Å². The third-order valence-electron chi connectivity index (χ3n) is 5.02. The molecule has 10 nitrogen and oxygen atoms in total. The second-order valence-corrected chi connectivity index (χ2v) is 7.05. The van der Waals surface area contributed by atoms with Gasteiger partial charge >= 0.3 is 0 Å². The Hall–Kier alpha value is -4.21. The second-order valence-electron chi connectivity index (χ2n) is 7.05. The maximum atomic E-state index is 12.6. The predicted octanol–water partition coefficient (Wildman–Crippen LogP) is 3.30. The first-order valence-electron chi connectivity index (χ1n) is 9.46. The number of aryl methyl sites for hydroxylation is 1. The molecule has 2 heterocycles. The van der Waals surface area contributed by atoms with Crippen LogP contribution in [0.2, 0.25) is 0 Å². The van der Waals surface area contributed by atoms with Gasteiger partial charge in [-0.05, 0) is 36.8 Å². The van der Waals surface area contributed by atoms with Gasteiger partial charge in [0, 0.05) is 23.4 Å². The van der Waals surface area contributed by atoms with Crippen LogP contribution in [0.5, 0.6) is 5.75 Å². The van der Waals surface area contributed by atoms with Crippen molar-refractivity contribution in [3.63, 3.8) is 0 Å². The van der Waals surface area contributed by atoms with Crippen molar-refractivity contribution in [1.29, 1.82) is 0 Å². The highest BCUT2D eigenvalue weighted by Gasteiger charge is 2.36. The molecule has 1 atom stereocenters. The van der Waals surface area contributed by atoms with E-state index >= 15 is 0 Å². The third kappa shape index (κ3) is 3.82. The highest BCUT2D eigenvalue weighted by atomic mass is 16.6. The molecular weight excluding hydrogens is 402 g/mol. The summed E-state index contributed by atoms with van der Waals surface area (Å²) in [7, 11) is 1.58. The van der Waals surface area contributed by atoms with Crippen molar-refractivity contribution in [1.82, 2.24) is 9.78 Å². The fourth-order valence-corrected chi connectivity index (χ4v) is 3.56. The summed E-state index contributed by atoms with van der Waals surface area (Å²) in [6.07, 6.45) is -0.130. The number of ether oxygens (including phenoxy) is 1. The lowest BCUT2D eigenvalue weighted by molar-refractivity contribution is -0.384. The summed E-state index contributed by atoms with van der Waals surface area (Å²) in [5.41, 5.74) is 2.65. The minimum atomic E-state index is -0.800. The Balaban J connectivity index is 1.55. The first-order chi connectivity index (χ1) is 14.9. The van der Waals surface area contributed by atoms with Gasteiger partial charge < -0.3 is 15.4 Å². The van der Waals surface area contributed by atoms with Crippen LogP contribution < -0.4 is 15.4 Å². The van der Waals surface area contributed by atoms with E-state index in [1.165, 1.54) is 28.9 Å². The molecule has 0 bridgehead atoms. The van der Waals surface area contributed by atoms with Crippen LogP contribution >= 0.6 is 0 Å². The van der Waals surface area contributed by atoms with E-state index in [0.717, 1.165) is 11.1 Å². The van der Waals surface area contributed by atoms with E-state index in [1.807, 2.05) is 31.2 Å². The van der Waals surface area contributed by atoms with Crippen molar-refractivity contribution in [3.8, 4) is 16.9 Å². The molecule has 1 aromatic heterocycles. The summed E-state index contributed by atoms with van der Waals surface area (Å²) in [5.74, 6) is 0.479. The number of methoxy groups -OCH3 is 1. The number of anilines is 2. The van der Waals surface area contributed by atoms with Crippen molar-refractivity contribution in [3.05, 3.63) is 64.3 Å². The molecule has 2 amide bonds. The number of nitrogens with zero attached hydrogens (tertiary/aromatic N) is 3. The maximum Gasteiger partial charge on any atom is 0.269 e. The quantitative estimate of drug-likeness (QED) is 0.464. The van der Waals surface area contributed by atoms with E-state index in [9.17, 15) is 19.7 Å². The van der Waals surface area contributed by atoms with Crippen molar-refractivity contribution < 1.29 is 19.2 Å². The number of fused-ring (bicyclic) bond motifs is 1. The number of nitrogens with one attached hydrogen (secondary N) is 2. The number of non-ortho nitro benzene ring substituents is 1. The molecule has 31 heavy (non-hydrogen) atoms. The fourth-order valence-electron chi connectivity index (χ4n) is 3.56. The summed E-state index contributed by atoms with van der Waals surface area (Å²) in [6.45, 7) is 1.83. The van der Waals surface area contributed by atoms with Crippen LogP contribution in [0.1, 0.15) is 18.2 Å². The van der Waals surface area contributed by atoms with Crippen molar-refractivity contribution >= 4 is 29.0 Å². The number of carbonyl (C=O) groups excluding carboxylic acids is 2. The first kappa shape index (κ1) is 20.1. The minimum Gasteiger partial charge on any atom is -0.497 e. The monoisotopic (exact) mass is 421 g/mol. The van der Waals surface area contributed by atoms with E-state index in [4.69, 9.17) is 4.74 Å². The Kier molecular flexibility index (Phi) is 5.12. The van der Waals surface area contributed by atoms with Crippen molar-refractivity contribution in [2.45, 2.75) is 19.4 Å². The number of amides is 2. The van der Waals surface area contributed by atoms with Crippen LogP contribution in [0.3, 0.4) is 0 Å². The number of hydrogen-bond donors (Lipinski definition) is 2. The average molecular weight is 421 g/mol. The van der Waals surface area contributed by atoms with Gasteiger partial charge in [-0.2, -0.15) is 5.10 Å². The Morgan fingerprint density at radius 1 is 1.29 bits per heavy atom. The average Bonchev–Trinajstić information content (AvgIpc) is 3.22. The smallest absolute Gasteiger partial charge is 0.269 e. The fraction of sp³-hybridized carbons (Fsp3) is 0.190. The van der Waals surface area contributed by atoms with Crippen molar-refractivity contribution in [2.24, 2.45) is 0 Å². The number of aromatic nitrogens is 2. The number of nitro groups is 1. The van der Waals surface area contributed by atoms with Gasteiger partial charge in [-0.3, -0.25) is 19.7 Å². The van der Waals surface area contributed by atoms with Gasteiger partial charge in [-0.15, -0.1) is 0 Å². The van der Waals surface area contributed by atoms with Gasteiger partial charge in [0.25, 0.3) is 11.6 Å². The molecule has 3 aromatic rings. The second kappa shape index (κ2) is 7.90. The summed E-state index contributed by atoms with van der Waals surface area (Å²) < 4.78 is 6.81. The molecule has 10 heteroatoms. The third-order valence-corrected chi connectivity index (χ3v) is 5.02. The molecule has 0 radical (unpaired) electrons. The van der Waals surface area contributed by atoms with Crippen LogP contribution in [0, 0.1) is 17.0 Å². The molecule has 0 aliphatic carbocycles. The van der Waals surface area contributed by atoms with Gasteiger partial charge in [-0.1, -0.05) is 12.1 Å². The topological polar surface area (TPSA) is 128 Å². The van der Waals surface area contributed by atoms with Gasteiger partial charge in [0.05, 0.1) is 24.1 Å². The predicted molar refractivity (Wildman–Crippen MR) is 113 cm³/mol. The number of nitro benzene ring substituents is 1. The Morgan fingerprint density at radius 3 is 2.71 bits per heavy atom. The van der Waals surface area contributed by atoms with Crippen LogP contribution in [-0.2, 0) is 9.59 Å². The Morgan fingerprint density at radius 2 is 2.03 bits per heavy atom. The highest BCUT2D eigenvalue weighted by Crippen LogP contribution is 2.39. The van der Waals surface area contributed by atoms with E-state index in [1.54, 1.807) is 7.11 Å². The molecule has 0 fully saturated rings. The number of hydrogen-bond acceptors (Lipinski definition) is 6. The molecule has 1 unspecified atom stereocenters. The zero-order valence-electron chi connectivity index (χ0n) is 16.8. The molecule has 158 valence electrons. The summed E-state index contributed by atoms with van der Waals surface area (Å²) in [4.78, 5) is 35.3. The molecule has 1 aliphatic rings. The molecule has 2 aromatic carbocycles. The normalized spacial score (nSPS) is 14.6. The van der Waals surface area contributed by atoms with Gasteiger partial charge in [0.2, 0.25) is 5.91 Å². The largest absolute Gasteiger partial charge is 0.497 e. The van der Waals surface area contributed by atoms with E-state index in [-0.39, 0.29) is 18.0 Å². The molecule has 2 N–H and O–H groups in total. The lowest BCUT2D eigenvalue weighted by Gasteiger charge is -2.10. The van der Waals surface area contributed by atoms with Gasteiger partial charge in [-0.25, -0.2) is 4.68 Å². The molecular formula is C21H19N5O5. The van der Waals surface area contributed by atoms with Gasteiger partial charge in [0.15, 0.2) is 0 Å². The molecule has 0 saturated heterocycles. The number of carbonyl (C=O) groups is 2. The molecule has 0 saturated carbocycles. The van der Waals surface area contributed by atoms with Crippen LogP contribution in [-0.4, -0.2) is 33.6 Å². The molecule has 4 rings (SSSR count). The standard InChI is InChI=1S/C21H19N5O5/c1-12-19(13-4-3-5-16(10-13)31-2)20-23-21(28)17(25(20)24-12)11-18(27)22-14-6-8-15(9-7-14)26(29)30/h3-10,17H,11H2,1-2H3,(H,22,27)(H,23,28). The van der Waals surface area contributed by atoms with E-state index < -0.39 is 16.9 Å². The molecule has 1 aliphatic heterocycles. The zero-order valence-corrected chi connectivity index (χ0v) is 16.8. The lowest BCUT2D eigenvalue weighted by atomic mass is 10.1. The number of rotatable bonds is 6. The van der Waals surface area contributed by atoms with Gasteiger partial charge in [0.1, 0.15) is 17.6 Å². The van der Waals surface area contributed by atoms with Crippen LogP contribution in [0.25, 0.3) is 11.1 Å². The van der Waals surface area contributed by atoms with Crippen LogP contribution in [0.15, 0.2) is 48.5 Å². The highest BCUT2D eigenvalue weighted by molar-refractivity contribution is 6.04. The molecule has 0 spiro atoms. The summed E-state index contributed by atoms with van der Waals surface area (Å²) in [6, 6.07) is 12.1. The minimum absolute atomic E-state index is 0.0742.